The summed E-state index contributed by atoms with van der Waals surface area (Å²) in [5.74, 6) is -1.93. The van der Waals surface area contributed by atoms with E-state index in [0.29, 0.717) is 19.6 Å². The Labute approximate surface area is 213 Å². The third kappa shape index (κ3) is 4.47. The van der Waals surface area contributed by atoms with Gasteiger partial charge in [0.2, 0.25) is 5.92 Å². The highest BCUT2D eigenvalue weighted by molar-refractivity contribution is 5.78. The van der Waals surface area contributed by atoms with Gasteiger partial charge in [-0.15, -0.1) is 0 Å². The molecule has 2 aromatic carbocycles. The van der Waals surface area contributed by atoms with Crippen LogP contribution in [0.2, 0.25) is 0 Å². The quantitative estimate of drug-likeness (QED) is 0.489. The van der Waals surface area contributed by atoms with E-state index in [-0.39, 0.29) is 35.9 Å². The number of hydrogen-bond acceptors (Lipinski definition) is 3. The number of urea groups is 1. The molecule has 0 atom stereocenters. The predicted molar refractivity (Wildman–Crippen MR) is 136 cm³/mol. The normalized spacial score (nSPS) is 22.8. The highest BCUT2D eigenvalue weighted by atomic mass is 19.3. The highest BCUT2D eigenvalue weighted by Crippen LogP contribution is 2.51. The number of hydrogen-bond donors (Lipinski definition) is 0. The van der Waals surface area contributed by atoms with Crippen LogP contribution >= 0.6 is 0 Å². The summed E-state index contributed by atoms with van der Waals surface area (Å²) in [6.07, 6.45) is 3.33. The van der Waals surface area contributed by atoms with E-state index < -0.39 is 5.92 Å². The molecular formula is C29H37F2N3O2. The molecule has 5 rings (SSSR count). The molecule has 0 unspecified atom stereocenters. The van der Waals surface area contributed by atoms with E-state index >= 15 is 0 Å². The van der Waals surface area contributed by atoms with Crippen LogP contribution in [0.3, 0.4) is 0 Å². The van der Waals surface area contributed by atoms with Gasteiger partial charge in [0, 0.05) is 38.0 Å². The summed E-state index contributed by atoms with van der Waals surface area (Å²) in [6.45, 7) is 1.58. The van der Waals surface area contributed by atoms with E-state index in [9.17, 15) is 13.6 Å². The number of amides is 2. The molecule has 0 bridgehead atoms. The van der Waals surface area contributed by atoms with Crippen molar-refractivity contribution in [3.8, 4) is 5.75 Å². The molecule has 0 N–H and O–H groups in total. The van der Waals surface area contributed by atoms with Crippen molar-refractivity contribution in [2.45, 2.75) is 62.1 Å². The van der Waals surface area contributed by atoms with Gasteiger partial charge in [0.15, 0.2) is 0 Å². The lowest BCUT2D eigenvalue weighted by Crippen LogP contribution is -2.57. The molecule has 2 amide bonds. The zero-order chi connectivity index (χ0) is 25.6. The molecule has 5 nitrogen and oxygen atoms in total. The number of carbonyl (C=O) groups is 1. The second-order valence-corrected chi connectivity index (χ2v) is 11.2. The zero-order valence-electron chi connectivity index (χ0n) is 21.6. The van der Waals surface area contributed by atoms with Gasteiger partial charge >= 0.3 is 6.03 Å². The number of rotatable bonds is 7. The Hall–Kier alpha value is -2.67. The standard InChI is InChI=1S/C29H37F2N3O2/c1-32(2)28(24-7-5-4-6-8-24)15-13-27(14-16-28)21-33(19-22-9-11-25(36-3)12-10-22)26(35)34(27)20-23-17-29(30,31)18-23/h4-12,23H,13-21H2,1-3H3/t27-,28-. The van der Waals surface area contributed by atoms with Gasteiger partial charge in [0.05, 0.1) is 12.6 Å². The number of halogens is 2. The maximum Gasteiger partial charge on any atom is 0.320 e. The number of nitrogens with zero attached hydrogens (tertiary/aromatic N) is 3. The van der Waals surface area contributed by atoms with Crippen LogP contribution in [0.4, 0.5) is 13.6 Å². The molecule has 3 fully saturated rings. The van der Waals surface area contributed by atoms with Gasteiger partial charge in [-0.2, -0.15) is 0 Å². The number of carbonyl (C=O) groups excluding carboxylic acids is 1. The lowest BCUT2D eigenvalue weighted by Gasteiger charge is -2.52. The van der Waals surface area contributed by atoms with E-state index in [1.54, 1.807) is 7.11 Å². The fourth-order valence-electron chi connectivity index (χ4n) is 6.70. The van der Waals surface area contributed by atoms with Gasteiger partial charge in [-0.1, -0.05) is 42.5 Å². The average Bonchev–Trinajstić information content (AvgIpc) is 3.10. The molecule has 2 aromatic rings. The fourth-order valence-corrected chi connectivity index (χ4v) is 6.70. The Morgan fingerprint density at radius 1 is 0.972 bits per heavy atom. The fraction of sp³-hybridized carbons (Fsp3) is 0.552. The van der Waals surface area contributed by atoms with Gasteiger partial charge in [0.25, 0.3) is 0 Å². The predicted octanol–water partition coefficient (Wildman–Crippen LogP) is 5.75. The van der Waals surface area contributed by atoms with Crippen LogP contribution in [0, 0.1) is 5.92 Å². The molecule has 2 aliphatic carbocycles. The minimum atomic E-state index is -2.58. The molecular weight excluding hydrogens is 460 g/mol. The molecule has 36 heavy (non-hydrogen) atoms. The summed E-state index contributed by atoms with van der Waals surface area (Å²) in [4.78, 5) is 19.9. The summed E-state index contributed by atoms with van der Waals surface area (Å²) in [5.41, 5.74) is 1.94. The van der Waals surface area contributed by atoms with Gasteiger partial charge in [0.1, 0.15) is 5.75 Å². The molecule has 2 saturated carbocycles. The van der Waals surface area contributed by atoms with Gasteiger partial charge < -0.3 is 14.5 Å². The van der Waals surface area contributed by atoms with Crippen molar-refractivity contribution in [2.75, 3.05) is 34.3 Å². The lowest BCUT2D eigenvalue weighted by atomic mass is 9.68. The van der Waals surface area contributed by atoms with Crippen molar-refractivity contribution < 1.29 is 18.3 Å². The van der Waals surface area contributed by atoms with Gasteiger partial charge in [-0.05, 0) is 69.0 Å². The number of alkyl halides is 2. The van der Waals surface area contributed by atoms with Gasteiger partial charge in [-0.25, -0.2) is 13.6 Å². The minimum absolute atomic E-state index is 0.0156. The van der Waals surface area contributed by atoms with E-state index in [2.05, 4.69) is 43.3 Å². The van der Waals surface area contributed by atoms with Crippen LogP contribution in [0.5, 0.6) is 5.75 Å². The van der Waals surface area contributed by atoms with Crippen molar-refractivity contribution >= 4 is 6.03 Å². The van der Waals surface area contributed by atoms with Crippen LogP contribution in [0.25, 0.3) is 0 Å². The monoisotopic (exact) mass is 497 g/mol. The summed E-state index contributed by atoms with van der Waals surface area (Å²) in [6, 6.07) is 18.4. The first-order valence-electron chi connectivity index (χ1n) is 13.0. The molecule has 194 valence electrons. The highest BCUT2D eigenvalue weighted by Gasteiger charge is 2.56. The van der Waals surface area contributed by atoms with Crippen LogP contribution < -0.4 is 4.74 Å². The van der Waals surface area contributed by atoms with Crippen molar-refractivity contribution in [1.82, 2.24) is 14.7 Å². The largest absolute Gasteiger partial charge is 0.497 e. The van der Waals surface area contributed by atoms with E-state index in [4.69, 9.17) is 4.74 Å². The minimum Gasteiger partial charge on any atom is -0.497 e. The van der Waals surface area contributed by atoms with E-state index in [0.717, 1.165) is 37.0 Å². The molecule has 7 heteroatoms. The van der Waals surface area contributed by atoms with Crippen molar-refractivity contribution in [3.05, 3.63) is 65.7 Å². The zero-order valence-corrected chi connectivity index (χ0v) is 21.6. The molecule has 1 spiro atoms. The molecule has 3 aliphatic rings. The first-order valence-corrected chi connectivity index (χ1v) is 13.0. The van der Waals surface area contributed by atoms with Crippen molar-refractivity contribution in [2.24, 2.45) is 5.92 Å². The van der Waals surface area contributed by atoms with Gasteiger partial charge in [-0.3, -0.25) is 4.90 Å². The molecule has 1 aliphatic heterocycles. The maximum atomic E-state index is 13.7. The third-order valence-corrected chi connectivity index (χ3v) is 8.88. The van der Waals surface area contributed by atoms with Crippen LogP contribution in [0.15, 0.2) is 54.6 Å². The number of benzene rings is 2. The maximum absolute atomic E-state index is 13.7. The topological polar surface area (TPSA) is 36.0 Å². The Bertz CT molecular complexity index is 1060. The molecule has 0 aromatic heterocycles. The Morgan fingerprint density at radius 3 is 2.17 bits per heavy atom. The SMILES string of the molecule is COc1ccc(CN2C[C@]3(CC[C@@](c4ccccc4)(N(C)C)CC3)N(CC3CC(F)(F)C3)C2=O)cc1. The average molecular weight is 498 g/mol. The van der Waals surface area contributed by atoms with E-state index in [1.165, 1.54) is 5.56 Å². The Balaban J connectivity index is 1.39. The summed E-state index contributed by atoms with van der Waals surface area (Å²) in [5, 5.41) is 0. The third-order valence-electron chi connectivity index (χ3n) is 8.88. The summed E-state index contributed by atoms with van der Waals surface area (Å²) >= 11 is 0. The number of methoxy groups -OCH3 is 1. The molecule has 0 radical (unpaired) electrons. The Kier molecular flexibility index (Phi) is 6.48. The smallest absolute Gasteiger partial charge is 0.320 e. The van der Waals surface area contributed by atoms with Crippen LogP contribution in [-0.2, 0) is 12.1 Å². The summed E-state index contributed by atoms with van der Waals surface area (Å²) in [7, 11) is 5.90. The second-order valence-electron chi connectivity index (χ2n) is 11.2. The Morgan fingerprint density at radius 2 is 1.61 bits per heavy atom. The van der Waals surface area contributed by atoms with Crippen LogP contribution in [0.1, 0.15) is 49.7 Å². The van der Waals surface area contributed by atoms with Crippen molar-refractivity contribution in [3.63, 3.8) is 0 Å². The first-order chi connectivity index (χ1) is 17.2. The lowest BCUT2D eigenvalue weighted by molar-refractivity contribution is -0.118. The summed E-state index contributed by atoms with van der Waals surface area (Å²) < 4.78 is 32.6. The molecule has 1 heterocycles. The molecule has 1 saturated heterocycles. The second kappa shape index (κ2) is 9.33. The van der Waals surface area contributed by atoms with E-state index in [1.807, 2.05) is 40.1 Å². The van der Waals surface area contributed by atoms with Crippen LogP contribution in [-0.4, -0.2) is 66.5 Å². The first kappa shape index (κ1) is 25.0. The van der Waals surface area contributed by atoms with Crippen molar-refractivity contribution in [1.29, 1.82) is 0 Å². The number of ether oxygens (including phenoxy) is 1.